The summed E-state index contributed by atoms with van der Waals surface area (Å²) < 4.78 is 5.10. The van der Waals surface area contributed by atoms with Crippen LogP contribution in [0.1, 0.15) is 22.3 Å². The summed E-state index contributed by atoms with van der Waals surface area (Å²) in [6.07, 6.45) is 5.30. The van der Waals surface area contributed by atoms with E-state index in [1.54, 1.807) is 48.7 Å². The van der Waals surface area contributed by atoms with Crippen molar-refractivity contribution >= 4 is 18.4 Å². The Bertz CT molecular complexity index is 1070. The Hall–Kier alpha value is -3.93. The fraction of sp³-hybridized carbons (Fsp3) is 0.0870. The molecule has 29 heavy (non-hydrogen) atoms. The summed E-state index contributed by atoms with van der Waals surface area (Å²) in [5, 5.41) is 38.6. The molecule has 0 radical (unpaired) electrons. The Morgan fingerprint density at radius 2 is 1.41 bits per heavy atom. The van der Waals surface area contributed by atoms with Crippen molar-refractivity contribution in [1.82, 2.24) is 0 Å². The molecule has 0 heterocycles. The third-order valence-corrected chi connectivity index (χ3v) is 4.27. The predicted octanol–water partition coefficient (Wildman–Crippen LogP) is 4.31. The Labute approximate surface area is 168 Å². The number of phenols is 4. The summed E-state index contributed by atoms with van der Waals surface area (Å²) in [4.78, 5) is 4.29. The highest BCUT2D eigenvalue weighted by molar-refractivity contribution is 5.85. The summed E-state index contributed by atoms with van der Waals surface area (Å²) >= 11 is 0. The van der Waals surface area contributed by atoms with E-state index in [1.807, 2.05) is 12.2 Å². The molecule has 3 aromatic rings. The molecule has 0 aliphatic carbocycles. The number of ether oxygens (including phenoxy) is 1. The number of benzene rings is 3. The Morgan fingerprint density at radius 3 is 2.10 bits per heavy atom. The number of aliphatic imine (C=N–C) groups is 1. The van der Waals surface area contributed by atoms with Crippen LogP contribution in [0.5, 0.6) is 28.7 Å². The van der Waals surface area contributed by atoms with Gasteiger partial charge in [-0.2, -0.15) is 0 Å². The highest BCUT2D eigenvalue weighted by Gasteiger charge is 2.03. The van der Waals surface area contributed by atoms with Crippen molar-refractivity contribution in [1.29, 1.82) is 0 Å². The minimum atomic E-state index is -0.196. The molecule has 148 valence electrons. The van der Waals surface area contributed by atoms with Gasteiger partial charge in [0.15, 0.2) is 23.0 Å². The smallest absolute Gasteiger partial charge is 0.161 e. The number of hydrogen-bond donors (Lipinski definition) is 4. The maximum atomic E-state index is 10.1. The monoisotopic (exact) mass is 391 g/mol. The Balaban J connectivity index is 1.74. The van der Waals surface area contributed by atoms with Gasteiger partial charge in [0.25, 0.3) is 0 Å². The van der Waals surface area contributed by atoms with Gasteiger partial charge >= 0.3 is 0 Å². The third-order valence-electron chi connectivity index (χ3n) is 4.27. The van der Waals surface area contributed by atoms with E-state index in [2.05, 4.69) is 4.99 Å². The lowest BCUT2D eigenvalue weighted by Crippen LogP contribution is -1.87. The number of hydrogen-bond acceptors (Lipinski definition) is 6. The number of methoxy groups -OCH3 is 1. The van der Waals surface area contributed by atoms with Crippen molar-refractivity contribution in [2.24, 2.45) is 4.99 Å². The van der Waals surface area contributed by atoms with E-state index in [9.17, 15) is 20.4 Å². The molecule has 0 saturated heterocycles. The minimum absolute atomic E-state index is 0.0785. The van der Waals surface area contributed by atoms with Crippen molar-refractivity contribution in [3.05, 3.63) is 76.9 Å². The highest BCUT2D eigenvalue weighted by atomic mass is 16.5. The van der Waals surface area contributed by atoms with E-state index in [1.165, 1.54) is 19.2 Å². The summed E-state index contributed by atoms with van der Waals surface area (Å²) in [6, 6.07) is 14.7. The van der Waals surface area contributed by atoms with Gasteiger partial charge in [-0.05, 0) is 53.1 Å². The molecule has 0 atom stereocenters. The second-order valence-corrected chi connectivity index (χ2v) is 6.38. The molecule has 0 saturated carbocycles. The summed E-state index contributed by atoms with van der Waals surface area (Å²) in [5.41, 5.74) is 3.00. The van der Waals surface area contributed by atoms with Crippen LogP contribution in [-0.2, 0) is 6.54 Å². The first-order chi connectivity index (χ1) is 14.0. The van der Waals surface area contributed by atoms with Crippen LogP contribution < -0.4 is 4.74 Å². The number of phenolic OH excluding ortho intramolecular Hbond substituents is 4. The molecular formula is C23H21NO5. The lowest BCUT2D eigenvalue weighted by molar-refractivity contribution is 0.373. The Morgan fingerprint density at radius 1 is 0.759 bits per heavy atom. The van der Waals surface area contributed by atoms with Crippen molar-refractivity contribution in [2.45, 2.75) is 6.54 Å². The van der Waals surface area contributed by atoms with Crippen molar-refractivity contribution < 1.29 is 25.2 Å². The molecule has 6 nitrogen and oxygen atoms in total. The molecule has 4 N–H and O–H groups in total. The topological polar surface area (TPSA) is 103 Å². The predicted molar refractivity (Wildman–Crippen MR) is 113 cm³/mol. The maximum absolute atomic E-state index is 10.1. The van der Waals surface area contributed by atoms with E-state index < -0.39 is 0 Å². The zero-order valence-electron chi connectivity index (χ0n) is 15.8. The zero-order valence-corrected chi connectivity index (χ0v) is 15.8. The van der Waals surface area contributed by atoms with Crippen LogP contribution in [0.15, 0.2) is 59.6 Å². The molecule has 3 rings (SSSR count). The molecule has 0 aliphatic heterocycles. The maximum Gasteiger partial charge on any atom is 0.161 e. The lowest BCUT2D eigenvalue weighted by Gasteiger charge is -2.04. The van der Waals surface area contributed by atoms with Gasteiger partial charge in [0, 0.05) is 11.8 Å². The molecule has 0 spiro atoms. The van der Waals surface area contributed by atoms with E-state index in [-0.39, 0.29) is 23.0 Å². The average Bonchev–Trinajstić information content (AvgIpc) is 2.72. The zero-order chi connectivity index (χ0) is 20.8. The van der Waals surface area contributed by atoms with Crippen molar-refractivity contribution in [3.63, 3.8) is 0 Å². The van der Waals surface area contributed by atoms with Gasteiger partial charge in [-0.1, -0.05) is 30.4 Å². The van der Waals surface area contributed by atoms with Gasteiger partial charge in [0.1, 0.15) is 5.75 Å². The van der Waals surface area contributed by atoms with Gasteiger partial charge in [0.2, 0.25) is 0 Å². The van der Waals surface area contributed by atoms with Gasteiger partial charge < -0.3 is 25.2 Å². The van der Waals surface area contributed by atoms with Crippen molar-refractivity contribution in [3.8, 4) is 28.7 Å². The largest absolute Gasteiger partial charge is 0.507 e. The van der Waals surface area contributed by atoms with E-state index in [0.717, 1.165) is 16.7 Å². The van der Waals surface area contributed by atoms with Crippen LogP contribution in [0.2, 0.25) is 0 Å². The average molecular weight is 391 g/mol. The van der Waals surface area contributed by atoms with E-state index >= 15 is 0 Å². The molecule has 0 unspecified atom stereocenters. The van der Waals surface area contributed by atoms with Crippen LogP contribution in [-0.4, -0.2) is 33.8 Å². The van der Waals surface area contributed by atoms with Crippen molar-refractivity contribution in [2.75, 3.05) is 7.11 Å². The van der Waals surface area contributed by atoms with Crippen LogP contribution in [0.3, 0.4) is 0 Å². The second kappa shape index (κ2) is 8.84. The van der Waals surface area contributed by atoms with Crippen LogP contribution >= 0.6 is 0 Å². The summed E-state index contributed by atoms with van der Waals surface area (Å²) in [5.74, 6) is 0.200. The molecular weight excluding hydrogens is 370 g/mol. The van der Waals surface area contributed by atoms with Gasteiger partial charge in [0.05, 0.1) is 13.7 Å². The highest BCUT2D eigenvalue weighted by Crippen LogP contribution is 2.28. The molecule has 0 amide bonds. The summed E-state index contributed by atoms with van der Waals surface area (Å²) in [6.45, 7) is 0.292. The SMILES string of the molecule is COc1cc(/C=C/c2ccc(O)c(C=NCc3ccc(O)c(O)c3)c2)ccc1O. The third kappa shape index (κ3) is 5.07. The molecule has 3 aromatic carbocycles. The normalized spacial score (nSPS) is 11.3. The van der Waals surface area contributed by atoms with E-state index in [4.69, 9.17) is 4.74 Å². The van der Waals surface area contributed by atoms with Crippen LogP contribution in [0.25, 0.3) is 12.2 Å². The molecule has 0 aromatic heterocycles. The molecule has 0 bridgehead atoms. The second-order valence-electron chi connectivity index (χ2n) is 6.38. The lowest BCUT2D eigenvalue weighted by atomic mass is 10.1. The van der Waals surface area contributed by atoms with Crippen LogP contribution in [0.4, 0.5) is 0 Å². The van der Waals surface area contributed by atoms with Gasteiger partial charge in [-0.3, -0.25) is 4.99 Å². The minimum Gasteiger partial charge on any atom is -0.507 e. The quantitative estimate of drug-likeness (QED) is 0.285. The fourth-order valence-corrected chi connectivity index (χ4v) is 2.69. The molecule has 0 aliphatic rings. The molecule has 0 fully saturated rings. The molecule has 6 heteroatoms. The van der Waals surface area contributed by atoms with E-state index in [0.29, 0.717) is 17.9 Å². The van der Waals surface area contributed by atoms with Gasteiger partial charge in [-0.25, -0.2) is 0 Å². The first-order valence-corrected chi connectivity index (χ1v) is 8.85. The Kier molecular flexibility index (Phi) is 6.04. The standard InChI is InChI=1S/C23H21NO5/c1-29-23-12-16(5-9-21(23)27)3-2-15-4-7-19(25)18(10-15)14-24-13-17-6-8-20(26)22(28)11-17/h2-12,14,25-28H,13H2,1H3/b3-2+,24-14?. The first kappa shape index (κ1) is 19.8. The summed E-state index contributed by atoms with van der Waals surface area (Å²) in [7, 11) is 1.49. The van der Waals surface area contributed by atoms with Gasteiger partial charge in [-0.15, -0.1) is 0 Å². The number of nitrogens with zero attached hydrogens (tertiary/aromatic N) is 1. The number of aromatic hydroxyl groups is 4. The van der Waals surface area contributed by atoms with Crippen LogP contribution in [0, 0.1) is 0 Å². The first-order valence-electron chi connectivity index (χ1n) is 8.85. The fourth-order valence-electron chi connectivity index (χ4n) is 2.69. The number of rotatable bonds is 6.